The van der Waals surface area contributed by atoms with Crippen LogP contribution in [0.2, 0.25) is 0 Å². The van der Waals surface area contributed by atoms with Crippen molar-refractivity contribution in [3.8, 4) is 0 Å². The molecule has 0 aliphatic heterocycles. The van der Waals surface area contributed by atoms with Gasteiger partial charge < -0.3 is 24.6 Å². The molecule has 38 valence electrons. The first-order chi connectivity index (χ1) is 0. The largest absolute Gasteiger partial charge is 0.344 e. The SMILES string of the molecule is N.N.N.N.[Ca].[Ca].[Ca]. The van der Waals surface area contributed by atoms with Crippen molar-refractivity contribution in [1.82, 2.24) is 24.6 Å². The normalized spacial score (nSPS) is 0. The summed E-state index contributed by atoms with van der Waals surface area (Å²) in [5, 5.41) is 0. The maximum absolute atomic E-state index is 0. The molecule has 0 spiro atoms. The van der Waals surface area contributed by atoms with Crippen molar-refractivity contribution >= 4 is 113 Å². The molecule has 0 aromatic carbocycles. The molecule has 7 heavy (non-hydrogen) atoms. The molecule has 0 bridgehead atoms. The number of rotatable bonds is 0. The zero-order valence-corrected chi connectivity index (χ0v) is 11.6. The first kappa shape index (κ1) is 75.0. The maximum Gasteiger partial charge on any atom is 0 e. The van der Waals surface area contributed by atoms with Gasteiger partial charge in [-0.15, -0.1) is 0 Å². The van der Waals surface area contributed by atoms with Crippen molar-refractivity contribution in [2.24, 2.45) is 0 Å². The summed E-state index contributed by atoms with van der Waals surface area (Å²) in [6, 6.07) is 0. The predicted molar refractivity (Wildman–Crippen MR) is 37.4 cm³/mol. The Bertz CT molecular complexity index is 6.90. The Morgan fingerprint density at radius 1 is 0.286 bits per heavy atom. The van der Waals surface area contributed by atoms with Crippen LogP contribution in [0.4, 0.5) is 0 Å². The van der Waals surface area contributed by atoms with Crippen molar-refractivity contribution in [2.75, 3.05) is 0 Å². The molecule has 0 saturated carbocycles. The average molecular weight is 188 g/mol. The molecule has 0 aromatic heterocycles. The maximum atomic E-state index is 0. The summed E-state index contributed by atoms with van der Waals surface area (Å²) in [5.74, 6) is 0. The van der Waals surface area contributed by atoms with Crippen molar-refractivity contribution in [3.63, 3.8) is 0 Å². The predicted octanol–water partition coefficient (Wildman–Crippen LogP) is -0.494. The summed E-state index contributed by atoms with van der Waals surface area (Å²) < 4.78 is 0. The summed E-state index contributed by atoms with van der Waals surface area (Å²) in [6.45, 7) is 0. The van der Waals surface area contributed by atoms with Crippen LogP contribution >= 0.6 is 0 Å². The Hall–Kier alpha value is 3.62. The Morgan fingerprint density at radius 3 is 0.286 bits per heavy atom. The van der Waals surface area contributed by atoms with E-state index >= 15 is 0 Å². The molecule has 0 atom stereocenters. The molecule has 0 aliphatic rings. The fourth-order valence-corrected chi connectivity index (χ4v) is 0. The minimum atomic E-state index is 0. The van der Waals surface area contributed by atoms with Gasteiger partial charge in [0.2, 0.25) is 0 Å². The summed E-state index contributed by atoms with van der Waals surface area (Å²) in [5.41, 5.74) is 0. The van der Waals surface area contributed by atoms with E-state index in [9.17, 15) is 0 Å². The van der Waals surface area contributed by atoms with Crippen molar-refractivity contribution in [3.05, 3.63) is 0 Å². The fraction of sp³-hybridized carbons (Fsp3) is 0. The molecule has 0 unspecified atom stereocenters. The summed E-state index contributed by atoms with van der Waals surface area (Å²) in [7, 11) is 0. The van der Waals surface area contributed by atoms with E-state index in [1.807, 2.05) is 0 Å². The van der Waals surface area contributed by atoms with Crippen molar-refractivity contribution in [1.29, 1.82) is 0 Å². The third-order valence-corrected chi connectivity index (χ3v) is 0. The smallest absolute Gasteiger partial charge is 0 e. The fourth-order valence-electron chi connectivity index (χ4n) is 0. The minimum absolute atomic E-state index is 0. The summed E-state index contributed by atoms with van der Waals surface area (Å²) in [4.78, 5) is 0. The second-order valence-corrected chi connectivity index (χ2v) is 0. The second-order valence-electron chi connectivity index (χ2n) is 0. The molecule has 4 nitrogen and oxygen atoms in total. The van der Waals surface area contributed by atoms with Crippen LogP contribution in [0.1, 0.15) is 0 Å². The molecular weight excluding hydrogens is 176 g/mol. The molecule has 7 heteroatoms. The van der Waals surface area contributed by atoms with Crippen LogP contribution in [0, 0.1) is 0 Å². The minimum Gasteiger partial charge on any atom is -0.344 e. The molecule has 0 saturated heterocycles. The Morgan fingerprint density at radius 2 is 0.286 bits per heavy atom. The van der Waals surface area contributed by atoms with Crippen LogP contribution < -0.4 is 24.6 Å². The van der Waals surface area contributed by atoms with Gasteiger partial charge in [-0.1, -0.05) is 0 Å². The molecule has 0 heterocycles. The molecule has 0 fully saturated rings. The van der Waals surface area contributed by atoms with Crippen LogP contribution in [-0.2, 0) is 0 Å². The molecule has 0 rings (SSSR count). The van der Waals surface area contributed by atoms with Gasteiger partial charge in [-0.05, 0) is 0 Å². The van der Waals surface area contributed by atoms with Crippen LogP contribution in [-0.4, -0.2) is 113 Å². The van der Waals surface area contributed by atoms with E-state index in [0.717, 1.165) is 0 Å². The summed E-state index contributed by atoms with van der Waals surface area (Å²) >= 11 is 0. The van der Waals surface area contributed by atoms with E-state index in [1.54, 1.807) is 0 Å². The van der Waals surface area contributed by atoms with Crippen LogP contribution in [0.3, 0.4) is 0 Å². The first-order valence-electron chi connectivity index (χ1n) is 0. The van der Waals surface area contributed by atoms with Crippen LogP contribution in [0.15, 0.2) is 0 Å². The number of hydrogen-bond donors (Lipinski definition) is 4. The van der Waals surface area contributed by atoms with Gasteiger partial charge in [0.05, 0.1) is 0 Å². The van der Waals surface area contributed by atoms with Gasteiger partial charge in [0, 0.05) is 113 Å². The zero-order chi connectivity index (χ0) is 0. The van der Waals surface area contributed by atoms with E-state index in [1.165, 1.54) is 0 Å². The third-order valence-electron chi connectivity index (χ3n) is 0. The quantitative estimate of drug-likeness (QED) is 0.380. The van der Waals surface area contributed by atoms with Gasteiger partial charge in [0.15, 0.2) is 0 Å². The first-order valence-corrected chi connectivity index (χ1v) is 0. The van der Waals surface area contributed by atoms with Crippen molar-refractivity contribution in [2.45, 2.75) is 0 Å². The molecule has 0 amide bonds. The Labute approximate surface area is 134 Å². The molecule has 12 N–H and O–H groups in total. The molecule has 0 aromatic rings. The van der Waals surface area contributed by atoms with E-state index in [4.69, 9.17) is 0 Å². The van der Waals surface area contributed by atoms with Crippen LogP contribution in [0.5, 0.6) is 0 Å². The third kappa shape index (κ3) is 42.6. The summed E-state index contributed by atoms with van der Waals surface area (Å²) in [6.07, 6.45) is 0. The van der Waals surface area contributed by atoms with Crippen molar-refractivity contribution < 1.29 is 0 Å². The van der Waals surface area contributed by atoms with Gasteiger partial charge in [0.1, 0.15) is 0 Å². The van der Waals surface area contributed by atoms with E-state index in [-0.39, 0.29) is 138 Å². The Kier molecular flexibility index (Phi) is 585. The standard InChI is InChI=1S/3Ca.4H3N/h;;;4*1H3. The molecule has 0 aliphatic carbocycles. The monoisotopic (exact) mass is 188 g/mol. The molecular formula is H12Ca3N4. The van der Waals surface area contributed by atoms with Crippen LogP contribution in [0.25, 0.3) is 0 Å². The average Bonchev–Trinajstić information content (AvgIpc) is 0. The second kappa shape index (κ2) is 54.6. The Balaban J connectivity index is 0. The van der Waals surface area contributed by atoms with Gasteiger partial charge >= 0.3 is 0 Å². The van der Waals surface area contributed by atoms with E-state index < -0.39 is 0 Å². The molecule has 6 radical (unpaired) electrons. The van der Waals surface area contributed by atoms with E-state index in [2.05, 4.69) is 0 Å². The van der Waals surface area contributed by atoms with Gasteiger partial charge in [-0.25, -0.2) is 0 Å². The number of hydrogen-bond acceptors (Lipinski definition) is 4. The van der Waals surface area contributed by atoms with E-state index in [0.29, 0.717) is 0 Å². The van der Waals surface area contributed by atoms with Gasteiger partial charge in [-0.3, -0.25) is 0 Å². The topological polar surface area (TPSA) is 140 Å². The van der Waals surface area contributed by atoms with Gasteiger partial charge in [0.25, 0.3) is 0 Å². The zero-order valence-electron chi connectivity index (χ0n) is 4.95. The van der Waals surface area contributed by atoms with Gasteiger partial charge in [-0.2, -0.15) is 0 Å².